The van der Waals surface area contributed by atoms with E-state index in [1.165, 1.54) is 11.3 Å². The lowest BCUT2D eigenvalue weighted by Gasteiger charge is -2.22. The first-order valence-electron chi connectivity index (χ1n) is 12.2. The fourth-order valence-electron chi connectivity index (χ4n) is 4.02. The molecule has 0 aliphatic carbocycles. The molecule has 0 N–H and O–H groups in total. The number of carbonyl (C=O) groups excluding carboxylic acids is 1. The second kappa shape index (κ2) is 11.4. The zero-order valence-electron chi connectivity index (χ0n) is 21.4. The second-order valence-corrected chi connectivity index (χ2v) is 9.18. The Labute approximate surface area is 215 Å². The van der Waals surface area contributed by atoms with Gasteiger partial charge in [-0.25, -0.2) is 4.98 Å². The van der Waals surface area contributed by atoms with Crippen molar-refractivity contribution in [1.82, 2.24) is 14.8 Å². The number of fused-ring (bicyclic) bond motifs is 1. The van der Waals surface area contributed by atoms with E-state index in [9.17, 15) is 4.79 Å². The number of thiazole rings is 1. The smallest absolute Gasteiger partial charge is 0.260 e. The quantitative estimate of drug-likeness (QED) is 0.260. The third-order valence-corrected chi connectivity index (χ3v) is 6.61. The van der Waals surface area contributed by atoms with Crippen LogP contribution in [0.3, 0.4) is 0 Å². The van der Waals surface area contributed by atoms with Crippen LogP contribution in [-0.4, -0.2) is 47.0 Å². The summed E-state index contributed by atoms with van der Waals surface area (Å²) in [6, 6.07) is 13.4. The lowest BCUT2D eigenvalue weighted by molar-refractivity contribution is 0.0984. The van der Waals surface area contributed by atoms with Crippen molar-refractivity contribution in [2.45, 2.75) is 41.2 Å². The van der Waals surface area contributed by atoms with E-state index in [-0.39, 0.29) is 5.91 Å². The van der Waals surface area contributed by atoms with Crippen molar-refractivity contribution in [2.24, 2.45) is 0 Å². The highest BCUT2D eigenvalue weighted by atomic mass is 32.1. The maximum absolute atomic E-state index is 14.0. The van der Waals surface area contributed by atoms with E-state index >= 15 is 0 Å². The van der Waals surface area contributed by atoms with Crippen LogP contribution < -0.4 is 19.1 Å². The summed E-state index contributed by atoms with van der Waals surface area (Å²) >= 11 is 1.49. The Morgan fingerprint density at radius 1 is 0.972 bits per heavy atom. The van der Waals surface area contributed by atoms with E-state index in [0.29, 0.717) is 60.9 Å². The number of rotatable bonds is 11. The van der Waals surface area contributed by atoms with Crippen LogP contribution in [-0.2, 0) is 6.54 Å². The molecule has 190 valence electrons. The number of hydrogen-bond acceptors (Lipinski definition) is 7. The molecule has 2 aromatic carbocycles. The van der Waals surface area contributed by atoms with Gasteiger partial charge in [-0.3, -0.25) is 14.4 Å². The minimum Gasteiger partial charge on any atom is -0.490 e. The number of carbonyl (C=O) groups is 1. The van der Waals surface area contributed by atoms with E-state index in [1.807, 2.05) is 69.6 Å². The molecule has 0 atom stereocenters. The molecule has 0 unspecified atom stereocenters. The summed E-state index contributed by atoms with van der Waals surface area (Å²) in [5, 5.41) is 5.20. The third-order valence-electron chi connectivity index (χ3n) is 5.55. The Morgan fingerprint density at radius 3 is 2.22 bits per heavy atom. The van der Waals surface area contributed by atoms with Crippen LogP contribution in [0.2, 0.25) is 0 Å². The summed E-state index contributed by atoms with van der Waals surface area (Å²) in [5.41, 5.74) is 3.29. The number of ether oxygens (including phenoxy) is 3. The van der Waals surface area contributed by atoms with Gasteiger partial charge < -0.3 is 14.2 Å². The molecule has 0 fully saturated rings. The van der Waals surface area contributed by atoms with Gasteiger partial charge >= 0.3 is 0 Å². The Bertz CT molecular complexity index is 1290. The van der Waals surface area contributed by atoms with Crippen LogP contribution in [0.4, 0.5) is 5.13 Å². The van der Waals surface area contributed by atoms with Crippen LogP contribution >= 0.6 is 11.3 Å². The largest absolute Gasteiger partial charge is 0.490 e. The fourth-order valence-corrected chi connectivity index (χ4v) is 5.01. The molecule has 0 bridgehead atoms. The predicted octanol–water partition coefficient (Wildman–Crippen LogP) is 5.65. The van der Waals surface area contributed by atoms with Crippen LogP contribution in [0.5, 0.6) is 17.2 Å². The highest BCUT2D eigenvalue weighted by molar-refractivity contribution is 7.22. The van der Waals surface area contributed by atoms with E-state index in [0.717, 1.165) is 21.6 Å². The van der Waals surface area contributed by atoms with Gasteiger partial charge in [0.2, 0.25) is 5.75 Å². The minimum absolute atomic E-state index is 0.194. The van der Waals surface area contributed by atoms with Crippen LogP contribution in [0.15, 0.2) is 42.5 Å². The molecule has 0 radical (unpaired) electrons. The first-order chi connectivity index (χ1) is 17.4. The van der Waals surface area contributed by atoms with Gasteiger partial charge in [-0.15, -0.1) is 0 Å². The molecular weight excluding hydrogens is 476 g/mol. The molecule has 0 spiro atoms. The van der Waals surface area contributed by atoms with E-state index in [2.05, 4.69) is 5.10 Å². The Kier molecular flexibility index (Phi) is 8.10. The van der Waals surface area contributed by atoms with Gasteiger partial charge in [-0.1, -0.05) is 23.5 Å². The monoisotopic (exact) mass is 508 g/mol. The van der Waals surface area contributed by atoms with Gasteiger partial charge in [0, 0.05) is 17.8 Å². The SMILES string of the molecule is CCOc1cc(C(=O)N(CCn2nc(C)cc2C)c2nc3ccccc3s2)cc(OCC)c1OCC. The summed E-state index contributed by atoms with van der Waals surface area (Å²) in [4.78, 5) is 20.5. The van der Waals surface area contributed by atoms with Gasteiger partial charge in [-0.2, -0.15) is 5.10 Å². The normalized spacial score (nSPS) is 11.0. The van der Waals surface area contributed by atoms with Gasteiger partial charge in [0.15, 0.2) is 16.6 Å². The predicted molar refractivity (Wildman–Crippen MR) is 143 cm³/mol. The van der Waals surface area contributed by atoms with Crippen molar-refractivity contribution in [1.29, 1.82) is 0 Å². The van der Waals surface area contributed by atoms with Gasteiger partial charge in [0.05, 0.1) is 42.3 Å². The first-order valence-corrected chi connectivity index (χ1v) is 13.0. The average molecular weight is 509 g/mol. The Hall–Kier alpha value is -3.59. The average Bonchev–Trinajstić information content (AvgIpc) is 3.43. The molecule has 0 saturated heterocycles. The van der Waals surface area contributed by atoms with E-state index in [4.69, 9.17) is 19.2 Å². The van der Waals surface area contributed by atoms with Crippen molar-refractivity contribution in [3.63, 3.8) is 0 Å². The highest BCUT2D eigenvalue weighted by Crippen LogP contribution is 2.40. The second-order valence-electron chi connectivity index (χ2n) is 8.17. The standard InChI is InChI=1S/C27H32N4O4S/c1-6-33-22-16-20(17-23(34-7-2)25(22)35-8-3)26(32)30(13-14-31-19(5)15-18(4)29-31)27-28-21-11-9-10-12-24(21)36-27/h9-12,15-17H,6-8,13-14H2,1-5H3. The lowest BCUT2D eigenvalue weighted by atomic mass is 10.1. The van der Waals surface area contributed by atoms with Gasteiger partial charge in [0.25, 0.3) is 5.91 Å². The number of amides is 1. The molecule has 9 heteroatoms. The zero-order valence-corrected chi connectivity index (χ0v) is 22.2. The van der Waals surface area contributed by atoms with Crippen LogP contribution in [0.25, 0.3) is 10.2 Å². The van der Waals surface area contributed by atoms with Crippen molar-refractivity contribution in [3.8, 4) is 17.2 Å². The van der Waals surface area contributed by atoms with Gasteiger partial charge in [0.1, 0.15) is 0 Å². The number of aryl methyl sites for hydroxylation is 2. The Balaban J connectivity index is 1.76. The van der Waals surface area contributed by atoms with Crippen molar-refractivity contribution >= 4 is 32.6 Å². The van der Waals surface area contributed by atoms with Gasteiger partial charge in [-0.05, 0) is 65.0 Å². The minimum atomic E-state index is -0.194. The topological polar surface area (TPSA) is 78.7 Å². The number of para-hydroxylation sites is 1. The molecule has 1 amide bonds. The van der Waals surface area contributed by atoms with E-state index < -0.39 is 0 Å². The molecule has 0 aliphatic rings. The summed E-state index contributed by atoms with van der Waals surface area (Å²) in [7, 11) is 0. The Morgan fingerprint density at radius 2 is 1.64 bits per heavy atom. The molecule has 0 aliphatic heterocycles. The molecule has 4 aromatic rings. The zero-order chi connectivity index (χ0) is 25.7. The van der Waals surface area contributed by atoms with Crippen LogP contribution in [0, 0.1) is 13.8 Å². The summed E-state index contributed by atoms with van der Waals surface area (Å²) < 4.78 is 20.4. The molecule has 4 rings (SSSR count). The first kappa shape index (κ1) is 25.5. The molecule has 8 nitrogen and oxygen atoms in total. The highest BCUT2D eigenvalue weighted by Gasteiger charge is 2.25. The van der Waals surface area contributed by atoms with Crippen LogP contribution in [0.1, 0.15) is 42.5 Å². The number of aromatic nitrogens is 3. The molecule has 2 aromatic heterocycles. The van der Waals surface area contributed by atoms with Crippen molar-refractivity contribution in [3.05, 3.63) is 59.4 Å². The maximum Gasteiger partial charge on any atom is 0.260 e. The summed E-state index contributed by atoms with van der Waals surface area (Å²) in [6.07, 6.45) is 0. The molecule has 36 heavy (non-hydrogen) atoms. The fraction of sp³-hybridized carbons (Fsp3) is 0.370. The van der Waals surface area contributed by atoms with Crippen molar-refractivity contribution < 1.29 is 19.0 Å². The summed E-state index contributed by atoms with van der Waals surface area (Å²) in [5.74, 6) is 1.28. The lowest BCUT2D eigenvalue weighted by Crippen LogP contribution is -2.34. The molecule has 0 saturated carbocycles. The number of hydrogen-bond donors (Lipinski definition) is 0. The number of benzene rings is 2. The maximum atomic E-state index is 14.0. The molecular formula is C27H32N4O4S. The summed E-state index contributed by atoms with van der Waals surface area (Å²) in [6.45, 7) is 11.9. The van der Waals surface area contributed by atoms with E-state index in [1.54, 1.807) is 17.0 Å². The number of nitrogens with zero attached hydrogens (tertiary/aromatic N) is 4. The molecule has 2 heterocycles. The third kappa shape index (κ3) is 5.46. The number of anilines is 1. The van der Waals surface area contributed by atoms with Crippen molar-refractivity contribution in [2.75, 3.05) is 31.3 Å².